The molecule has 2 atom stereocenters. The summed E-state index contributed by atoms with van der Waals surface area (Å²) in [6.07, 6.45) is 2.11. The number of amides is 1. The molecule has 0 N–H and O–H groups in total. The Hall–Kier alpha value is -1.99. The second-order valence-electron chi connectivity index (χ2n) is 6.09. The molecule has 1 fully saturated rings. The fourth-order valence-electron chi connectivity index (χ4n) is 3.02. The van der Waals surface area contributed by atoms with Crippen LogP contribution in [0.15, 0.2) is 28.1 Å². The van der Waals surface area contributed by atoms with Gasteiger partial charge in [-0.2, -0.15) is 4.99 Å². The lowest BCUT2D eigenvalue weighted by Crippen LogP contribution is -2.47. The number of hydrogen-bond acceptors (Lipinski definition) is 6. The van der Waals surface area contributed by atoms with Gasteiger partial charge in [-0.05, 0) is 49.4 Å². The van der Waals surface area contributed by atoms with Crippen LogP contribution in [0.1, 0.15) is 19.4 Å². The Morgan fingerprint density at radius 2 is 1.96 bits per heavy atom. The Kier molecular flexibility index (Phi) is 3.97. The summed E-state index contributed by atoms with van der Waals surface area (Å²) in [7, 11) is 0. The monoisotopic (exact) mass is 346 g/mol. The van der Waals surface area contributed by atoms with Gasteiger partial charge < -0.3 is 19.1 Å². The second kappa shape index (κ2) is 6.14. The molecule has 7 heteroatoms. The molecule has 6 nitrogen and oxygen atoms in total. The van der Waals surface area contributed by atoms with Gasteiger partial charge in [0.2, 0.25) is 6.79 Å². The molecule has 0 aromatic heterocycles. The van der Waals surface area contributed by atoms with Crippen LogP contribution in [0, 0.1) is 0 Å². The molecule has 0 spiro atoms. The van der Waals surface area contributed by atoms with E-state index in [4.69, 9.17) is 14.2 Å². The van der Waals surface area contributed by atoms with E-state index < -0.39 is 0 Å². The lowest BCUT2D eigenvalue weighted by atomic mass is 10.2. The number of morpholine rings is 1. The number of carbonyl (C=O) groups is 1. The molecule has 1 saturated heterocycles. The van der Waals surface area contributed by atoms with E-state index in [0.717, 1.165) is 29.6 Å². The summed E-state index contributed by atoms with van der Waals surface area (Å²) >= 11 is 1.42. The Morgan fingerprint density at radius 1 is 1.21 bits per heavy atom. The van der Waals surface area contributed by atoms with Crippen LogP contribution in [0.4, 0.5) is 0 Å². The Morgan fingerprint density at radius 3 is 2.75 bits per heavy atom. The van der Waals surface area contributed by atoms with Crippen LogP contribution >= 0.6 is 11.8 Å². The fourth-order valence-corrected chi connectivity index (χ4v) is 3.95. The molecule has 0 bridgehead atoms. The topological polar surface area (TPSA) is 60.4 Å². The smallest absolute Gasteiger partial charge is 0.286 e. The molecule has 4 rings (SSSR count). The standard InChI is InChI=1S/C17H18N2O4S/c1-10-7-19(8-11(2)23-10)17-18-16(20)15(24-17)6-12-3-4-13-14(5-12)22-9-21-13/h3-6,10-11H,7-9H2,1-2H3/b15-6-/t10-,11+. The lowest BCUT2D eigenvalue weighted by Gasteiger charge is -2.35. The maximum Gasteiger partial charge on any atom is 0.286 e. The third kappa shape index (κ3) is 3.01. The van der Waals surface area contributed by atoms with Gasteiger partial charge in [-0.1, -0.05) is 6.07 Å². The first-order valence-electron chi connectivity index (χ1n) is 7.91. The van der Waals surface area contributed by atoms with Crippen molar-refractivity contribution in [2.45, 2.75) is 26.1 Å². The molecule has 1 aromatic carbocycles. The Balaban J connectivity index is 1.51. The number of ether oxygens (including phenoxy) is 3. The molecule has 1 amide bonds. The van der Waals surface area contributed by atoms with Gasteiger partial charge in [0.15, 0.2) is 16.7 Å². The van der Waals surface area contributed by atoms with Crippen LogP contribution < -0.4 is 9.47 Å². The number of rotatable bonds is 1. The summed E-state index contributed by atoms with van der Waals surface area (Å²) in [5, 5.41) is 0.758. The van der Waals surface area contributed by atoms with Gasteiger partial charge in [0.25, 0.3) is 5.91 Å². The number of fused-ring (bicyclic) bond motifs is 1. The third-order valence-electron chi connectivity index (χ3n) is 3.99. The maximum atomic E-state index is 12.2. The SMILES string of the molecule is C[C@@H]1CN(C2=NC(=O)/C(=C/c3ccc4c(c3)OCO4)S2)C[C@H](C)O1. The molecule has 3 aliphatic rings. The van der Waals surface area contributed by atoms with Crippen molar-refractivity contribution in [3.63, 3.8) is 0 Å². The number of amidine groups is 1. The zero-order valence-corrected chi connectivity index (χ0v) is 14.3. The summed E-state index contributed by atoms with van der Waals surface area (Å²) < 4.78 is 16.4. The quantitative estimate of drug-likeness (QED) is 0.728. The summed E-state index contributed by atoms with van der Waals surface area (Å²) in [5.74, 6) is 1.24. The highest BCUT2D eigenvalue weighted by atomic mass is 32.2. The Bertz CT molecular complexity index is 736. The number of hydrogen-bond donors (Lipinski definition) is 0. The predicted octanol–water partition coefficient (Wildman–Crippen LogP) is 2.49. The van der Waals surface area contributed by atoms with Gasteiger partial charge in [0, 0.05) is 13.1 Å². The van der Waals surface area contributed by atoms with E-state index in [0.29, 0.717) is 10.7 Å². The van der Waals surface area contributed by atoms with Gasteiger partial charge in [0.1, 0.15) is 0 Å². The zero-order valence-electron chi connectivity index (χ0n) is 13.5. The normalized spacial score (nSPS) is 27.8. The molecule has 0 unspecified atom stereocenters. The van der Waals surface area contributed by atoms with Crippen molar-refractivity contribution in [1.82, 2.24) is 4.90 Å². The molecule has 3 heterocycles. The second-order valence-corrected chi connectivity index (χ2v) is 7.09. The minimum Gasteiger partial charge on any atom is -0.454 e. The molecule has 126 valence electrons. The molecular weight excluding hydrogens is 328 g/mol. The largest absolute Gasteiger partial charge is 0.454 e. The number of nitrogens with zero attached hydrogens (tertiary/aromatic N) is 2. The van der Waals surface area contributed by atoms with Crippen LogP contribution in [0.2, 0.25) is 0 Å². The first kappa shape index (κ1) is 15.5. The lowest BCUT2D eigenvalue weighted by molar-refractivity contribution is -0.113. The van der Waals surface area contributed by atoms with Crippen molar-refractivity contribution < 1.29 is 19.0 Å². The molecule has 24 heavy (non-hydrogen) atoms. The summed E-state index contributed by atoms with van der Waals surface area (Å²) in [5.41, 5.74) is 0.898. The highest BCUT2D eigenvalue weighted by Crippen LogP contribution is 2.35. The van der Waals surface area contributed by atoms with Crippen LogP contribution in [0.25, 0.3) is 6.08 Å². The van der Waals surface area contributed by atoms with Gasteiger partial charge in [-0.25, -0.2) is 0 Å². The maximum absolute atomic E-state index is 12.2. The van der Waals surface area contributed by atoms with Gasteiger partial charge in [-0.15, -0.1) is 0 Å². The predicted molar refractivity (Wildman–Crippen MR) is 92.2 cm³/mol. The number of carbonyl (C=O) groups excluding carboxylic acids is 1. The minimum absolute atomic E-state index is 0.133. The van der Waals surface area contributed by atoms with Crippen molar-refractivity contribution in [1.29, 1.82) is 0 Å². The third-order valence-corrected chi connectivity index (χ3v) is 5.04. The van der Waals surface area contributed by atoms with Crippen LogP contribution in [0.5, 0.6) is 11.5 Å². The Labute approximate surface area is 144 Å². The molecule has 0 saturated carbocycles. The zero-order chi connectivity index (χ0) is 16.7. The van der Waals surface area contributed by atoms with Crippen molar-refractivity contribution in [3.8, 4) is 11.5 Å². The first-order valence-corrected chi connectivity index (χ1v) is 8.73. The van der Waals surface area contributed by atoms with Crippen molar-refractivity contribution in [2.75, 3.05) is 19.9 Å². The van der Waals surface area contributed by atoms with Crippen LogP contribution in [0.3, 0.4) is 0 Å². The molecular formula is C17H18N2O4S. The van der Waals surface area contributed by atoms with Crippen molar-refractivity contribution >= 4 is 28.9 Å². The van der Waals surface area contributed by atoms with Gasteiger partial charge >= 0.3 is 0 Å². The van der Waals surface area contributed by atoms with E-state index >= 15 is 0 Å². The van der Waals surface area contributed by atoms with Crippen molar-refractivity contribution in [3.05, 3.63) is 28.7 Å². The summed E-state index contributed by atoms with van der Waals surface area (Å²) in [6, 6.07) is 5.64. The molecule has 0 aliphatic carbocycles. The fraction of sp³-hybridized carbons (Fsp3) is 0.412. The number of benzene rings is 1. The molecule has 1 aromatic rings. The molecule has 3 aliphatic heterocycles. The highest BCUT2D eigenvalue weighted by Gasteiger charge is 2.31. The van der Waals surface area contributed by atoms with Gasteiger partial charge in [-0.3, -0.25) is 4.79 Å². The van der Waals surface area contributed by atoms with E-state index in [9.17, 15) is 4.79 Å². The summed E-state index contributed by atoms with van der Waals surface area (Å²) in [4.78, 5) is 19.2. The van der Waals surface area contributed by atoms with Crippen molar-refractivity contribution in [2.24, 2.45) is 4.99 Å². The highest BCUT2D eigenvalue weighted by molar-refractivity contribution is 8.18. The van der Waals surface area contributed by atoms with E-state index in [2.05, 4.69) is 9.89 Å². The van der Waals surface area contributed by atoms with E-state index in [1.807, 2.05) is 38.1 Å². The number of thioether (sulfide) groups is 1. The van der Waals surface area contributed by atoms with E-state index in [1.165, 1.54) is 11.8 Å². The van der Waals surface area contributed by atoms with E-state index in [-0.39, 0.29) is 24.9 Å². The van der Waals surface area contributed by atoms with Crippen LogP contribution in [-0.4, -0.2) is 48.1 Å². The summed E-state index contributed by atoms with van der Waals surface area (Å²) in [6.45, 7) is 5.81. The average molecular weight is 346 g/mol. The van der Waals surface area contributed by atoms with Gasteiger partial charge in [0.05, 0.1) is 17.1 Å². The van der Waals surface area contributed by atoms with Crippen LogP contribution in [-0.2, 0) is 9.53 Å². The molecule has 0 radical (unpaired) electrons. The average Bonchev–Trinajstić information content (AvgIpc) is 3.13. The first-order chi connectivity index (χ1) is 11.6. The minimum atomic E-state index is -0.195. The number of aliphatic imine (C=N–C) groups is 1. The van der Waals surface area contributed by atoms with E-state index in [1.54, 1.807) is 0 Å².